The molecule has 0 saturated carbocycles. The summed E-state index contributed by atoms with van der Waals surface area (Å²) in [5.41, 5.74) is 5.61. The number of methoxy groups -OCH3 is 1. The summed E-state index contributed by atoms with van der Waals surface area (Å²) in [6.07, 6.45) is 1.24. The molecule has 0 unspecified atom stereocenters. The van der Waals surface area contributed by atoms with E-state index >= 15 is 0 Å². The van der Waals surface area contributed by atoms with Crippen LogP contribution in [-0.4, -0.2) is 18.2 Å². The van der Waals surface area contributed by atoms with E-state index in [2.05, 4.69) is 9.68 Å². The second-order valence-electron chi connectivity index (χ2n) is 3.18. The first-order valence-corrected chi connectivity index (χ1v) is 4.77. The standard InChI is InChI=1S/C11H10N2O4/c1-15-7-2-4-8(5-3-7)16-11(14)10-9(12)6-13-17-10/h2-6H,12H2,1H3. The van der Waals surface area contributed by atoms with Crippen LogP contribution in [0.25, 0.3) is 0 Å². The fourth-order valence-electron chi connectivity index (χ4n) is 1.20. The summed E-state index contributed by atoms with van der Waals surface area (Å²) in [5.74, 6) is 0.238. The first-order chi connectivity index (χ1) is 8.20. The van der Waals surface area contributed by atoms with Crippen molar-refractivity contribution in [1.29, 1.82) is 0 Å². The quantitative estimate of drug-likeness (QED) is 0.639. The molecule has 0 atom stereocenters. The van der Waals surface area contributed by atoms with E-state index < -0.39 is 5.97 Å². The topological polar surface area (TPSA) is 87.6 Å². The van der Waals surface area contributed by atoms with Crippen molar-refractivity contribution in [1.82, 2.24) is 5.16 Å². The van der Waals surface area contributed by atoms with Gasteiger partial charge in [-0.3, -0.25) is 0 Å². The number of anilines is 1. The summed E-state index contributed by atoms with van der Waals surface area (Å²) < 4.78 is 14.7. The summed E-state index contributed by atoms with van der Waals surface area (Å²) in [7, 11) is 1.55. The number of hydrogen-bond acceptors (Lipinski definition) is 6. The van der Waals surface area contributed by atoms with Gasteiger partial charge in [0.15, 0.2) is 0 Å². The molecule has 2 N–H and O–H groups in total. The maximum Gasteiger partial charge on any atom is 0.384 e. The minimum absolute atomic E-state index is 0.110. The molecule has 6 nitrogen and oxygen atoms in total. The van der Waals surface area contributed by atoms with Crippen LogP contribution in [0.1, 0.15) is 10.6 Å². The monoisotopic (exact) mass is 234 g/mol. The number of nitrogens with two attached hydrogens (primary N) is 1. The van der Waals surface area contributed by atoms with Crippen LogP contribution in [-0.2, 0) is 0 Å². The van der Waals surface area contributed by atoms with Gasteiger partial charge in [0.1, 0.15) is 17.2 Å². The molecule has 0 fully saturated rings. The Kier molecular flexibility index (Phi) is 2.95. The Morgan fingerprint density at radius 3 is 2.47 bits per heavy atom. The van der Waals surface area contributed by atoms with E-state index in [4.69, 9.17) is 15.2 Å². The Bertz CT molecular complexity index is 519. The van der Waals surface area contributed by atoms with Gasteiger partial charge in [0.2, 0.25) is 0 Å². The lowest BCUT2D eigenvalue weighted by Crippen LogP contribution is -2.09. The predicted octanol–water partition coefficient (Wildman–Crippen LogP) is 1.48. The zero-order valence-electron chi connectivity index (χ0n) is 9.04. The van der Waals surface area contributed by atoms with Crippen molar-refractivity contribution < 1.29 is 18.8 Å². The lowest BCUT2D eigenvalue weighted by Gasteiger charge is -2.03. The third-order valence-electron chi connectivity index (χ3n) is 2.05. The third kappa shape index (κ3) is 2.36. The number of esters is 1. The highest BCUT2D eigenvalue weighted by Gasteiger charge is 2.17. The minimum Gasteiger partial charge on any atom is -0.497 e. The molecule has 2 aromatic rings. The summed E-state index contributed by atoms with van der Waals surface area (Å²) >= 11 is 0. The van der Waals surface area contributed by atoms with E-state index in [0.29, 0.717) is 11.5 Å². The summed E-state index contributed by atoms with van der Waals surface area (Å²) in [5, 5.41) is 3.39. The predicted molar refractivity (Wildman–Crippen MR) is 58.9 cm³/mol. The number of benzene rings is 1. The van der Waals surface area contributed by atoms with Crippen LogP contribution in [0.5, 0.6) is 11.5 Å². The number of hydrogen-bond donors (Lipinski definition) is 1. The molecule has 88 valence electrons. The highest BCUT2D eigenvalue weighted by atomic mass is 16.6. The van der Waals surface area contributed by atoms with Crippen LogP contribution in [0.3, 0.4) is 0 Å². The molecule has 2 rings (SSSR count). The Balaban J connectivity index is 2.10. The van der Waals surface area contributed by atoms with Crippen LogP contribution < -0.4 is 15.2 Å². The molecule has 0 amide bonds. The molecule has 0 aliphatic carbocycles. The average molecular weight is 234 g/mol. The van der Waals surface area contributed by atoms with Gasteiger partial charge < -0.3 is 19.7 Å². The van der Waals surface area contributed by atoms with Crippen LogP contribution >= 0.6 is 0 Å². The summed E-state index contributed by atoms with van der Waals surface area (Å²) in [6, 6.07) is 6.55. The van der Waals surface area contributed by atoms with Crippen molar-refractivity contribution >= 4 is 11.7 Å². The van der Waals surface area contributed by atoms with E-state index in [1.807, 2.05) is 0 Å². The molecule has 0 aliphatic rings. The average Bonchev–Trinajstić information content (AvgIpc) is 2.76. The molecular formula is C11H10N2O4. The van der Waals surface area contributed by atoms with Gasteiger partial charge >= 0.3 is 5.97 Å². The largest absolute Gasteiger partial charge is 0.497 e. The van der Waals surface area contributed by atoms with E-state index in [0.717, 1.165) is 0 Å². The molecule has 6 heteroatoms. The highest BCUT2D eigenvalue weighted by molar-refractivity contribution is 5.92. The molecular weight excluding hydrogens is 224 g/mol. The van der Waals surface area contributed by atoms with Gasteiger partial charge in [0, 0.05) is 0 Å². The van der Waals surface area contributed by atoms with E-state index in [1.54, 1.807) is 31.4 Å². The second kappa shape index (κ2) is 4.56. The Labute approximate surface area is 96.9 Å². The van der Waals surface area contributed by atoms with Gasteiger partial charge in [-0.2, -0.15) is 0 Å². The van der Waals surface area contributed by atoms with Crippen molar-refractivity contribution in [2.75, 3.05) is 12.8 Å². The highest BCUT2D eigenvalue weighted by Crippen LogP contribution is 2.19. The fraction of sp³-hybridized carbons (Fsp3) is 0.0909. The molecule has 0 saturated heterocycles. The number of aromatic nitrogens is 1. The van der Waals surface area contributed by atoms with Crippen LogP contribution in [0.4, 0.5) is 5.69 Å². The molecule has 17 heavy (non-hydrogen) atoms. The van der Waals surface area contributed by atoms with Gasteiger partial charge in [-0.1, -0.05) is 5.16 Å². The SMILES string of the molecule is COc1ccc(OC(=O)c2oncc2N)cc1. The lowest BCUT2D eigenvalue weighted by molar-refractivity contribution is 0.0692. The maximum absolute atomic E-state index is 11.6. The van der Waals surface area contributed by atoms with Crippen molar-refractivity contribution in [3.05, 3.63) is 36.2 Å². The lowest BCUT2D eigenvalue weighted by atomic mass is 10.3. The summed E-state index contributed by atoms with van der Waals surface area (Å²) in [6.45, 7) is 0. The van der Waals surface area contributed by atoms with Crippen molar-refractivity contribution in [2.24, 2.45) is 0 Å². The van der Waals surface area contributed by atoms with Crippen molar-refractivity contribution in [3.63, 3.8) is 0 Å². The normalized spacial score (nSPS) is 9.94. The molecule has 0 aliphatic heterocycles. The summed E-state index contributed by atoms with van der Waals surface area (Å²) in [4.78, 5) is 11.6. The van der Waals surface area contributed by atoms with E-state index in [-0.39, 0.29) is 11.4 Å². The van der Waals surface area contributed by atoms with Crippen molar-refractivity contribution in [2.45, 2.75) is 0 Å². The van der Waals surface area contributed by atoms with Crippen LogP contribution in [0, 0.1) is 0 Å². The number of rotatable bonds is 3. The molecule has 0 spiro atoms. The Morgan fingerprint density at radius 1 is 1.29 bits per heavy atom. The molecule has 0 bridgehead atoms. The Hall–Kier alpha value is -2.50. The fourth-order valence-corrected chi connectivity index (χ4v) is 1.20. The molecule has 1 heterocycles. The van der Waals surface area contributed by atoms with Crippen LogP contribution in [0.15, 0.2) is 35.0 Å². The van der Waals surface area contributed by atoms with Crippen LogP contribution in [0.2, 0.25) is 0 Å². The van der Waals surface area contributed by atoms with Gasteiger partial charge in [-0.15, -0.1) is 0 Å². The molecule has 1 aromatic carbocycles. The first-order valence-electron chi connectivity index (χ1n) is 4.77. The van der Waals surface area contributed by atoms with Crippen molar-refractivity contribution in [3.8, 4) is 11.5 Å². The minimum atomic E-state index is -0.690. The number of nitrogen functional groups attached to an aromatic ring is 1. The molecule has 1 aromatic heterocycles. The van der Waals surface area contributed by atoms with Gasteiger partial charge in [0.25, 0.3) is 5.76 Å². The number of carbonyl (C=O) groups is 1. The number of carbonyl (C=O) groups excluding carboxylic acids is 1. The first kappa shape index (κ1) is 11.0. The van der Waals surface area contributed by atoms with E-state index in [9.17, 15) is 4.79 Å². The second-order valence-corrected chi connectivity index (χ2v) is 3.18. The molecule has 0 radical (unpaired) electrons. The van der Waals surface area contributed by atoms with Gasteiger partial charge in [-0.25, -0.2) is 4.79 Å². The maximum atomic E-state index is 11.6. The number of ether oxygens (including phenoxy) is 2. The third-order valence-corrected chi connectivity index (χ3v) is 2.05. The van der Waals surface area contributed by atoms with Gasteiger partial charge in [0.05, 0.1) is 13.3 Å². The zero-order chi connectivity index (χ0) is 12.3. The smallest absolute Gasteiger partial charge is 0.384 e. The zero-order valence-corrected chi connectivity index (χ0v) is 9.04. The Morgan fingerprint density at radius 2 is 1.94 bits per heavy atom. The van der Waals surface area contributed by atoms with E-state index in [1.165, 1.54) is 6.20 Å². The number of nitrogens with zero attached hydrogens (tertiary/aromatic N) is 1. The van der Waals surface area contributed by atoms with Gasteiger partial charge in [-0.05, 0) is 24.3 Å².